The van der Waals surface area contributed by atoms with Crippen LogP contribution in [0.25, 0.3) is 34.3 Å². The van der Waals surface area contributed by atoms with Gasteiger partial charge in [-0.25, -0.2) is 14.3 Å². The number of benzene rings is 1. The summed E-state index contributed by atoms with van der Waals surface area (Å²) in [6.07, 6.45) is 3.64. The number of nitrogens with two attached hydrogens (primary N) is 1. The molecule has 67 heavy (non-hydrogen) atoms. The van der Waals surface area contributed by atoms with Crippen molar-refractivity contribution < 1.29 is 60.6 Å². The van der Waals surface area contributed by atoms with Crippen molar-refractivity contribution in [3.05, 3.63) is 74.6 Å². The molecule has 0 spiro atoms. The van der Waals surface area contributed by atoms with Crippen LogP contribution in [0.1, 0.15) is 82.7 Å². The highest BCUT2D eigenvalue weighted by Crippen LogP contribution is 2.39. The van der Waals surface area contributed by atoms with Gasteiger partial charge in [-0.3, -0.25) is 28.2 Å². The molecule has 4 atom stereocenters. The van der Waals surface area contributed by atoms with E-state index in [4.69, 9.17) is 24.7 Å². The van der Waals surface area contributed by atoms with Crippen LogP contribution in [0.3, 0.4) is 0 Å². The van der Waals surface area contributed by atoms with Crippen molar-refractivity contribution in [2.75, 3.05) is 48.7 Å². The predicted molar refractivity (Wildman–Crippen MR) is 246 cm³/mol. The van der Waals surface area contributed by atoms with Gasteiger partial charge in [0.05, 0.1) is 12.2 Å². The van der Waals surface area contributed by atoms with E-state index in [1.165, 1.54) is 22.9 Å². The van der Waals surface area contributed by atoms with E-state index >= 15 is 0 Å². The number of carbonyl (C=O) groups excluding carboxylic acids is 1. The van der Waals surface area contributed by atoms with Crippen LogP contribution in [0.4, 0.5) is 17.6 Å². The molecule has 23 nitrogen and oxygen atoms in total. The summed E-state index contributed by atoms with van der Waals surface area (Å²) in [7, 11) is -9.39. The fourth-order valence-electron chi connectivity index (χ4n) is 7.71. The molecule has 0 unspecified atom stereocenters. The number of aliphatic hydroxyl groups excluding tert-OH is 2. The Kier molecular flexibility index (Phi) is 17.1. The minimum absolute atomic E-state index is 0.0608. The zero-order valence-corrected chi connectivity index (χ0v) is 38.7. The normalized spacial score (nSPS) is 17.8. The first-order valence-corrected chi connectivity index (χ1v) is 24.9. The highest BCUT2D eigenvalue weighted by molar-refractivity contribution is 7.85. The lowest BCUT2D eigenvalue weighted by Gasteiger charge is -2.20. The molecular weight excluding hydrogens is 918 g/mol. The molecule has 0 radical (unpaired) electrons. The molecule has 4 aromatic heterocycles. The highest BCUT2D eigenvalue weighted by atomic mass is 32.2. The Bertz CT molecular complexity index is 2840. The monoisotopic (exact) mass is 974 g/mol. The van der Waals surface area contributed by atoms with E-state index in [2.05, 4.69) is 35.0 Å². The van der Waals surface area contributed by atoms with Gasteiger partial charge in [0, 0.05) is 68.3 Å². The smallest absolute Gasteiger partial charge is 0.422 e. The van der Waals surface area contributed by atoms with Crippen molar-refractivity contribution in [1.29, 1.82) is 0 Å². The summed E-state index contributed by atoms with van der Waals surface area (Å²) in [5.41, 5.74) is 6.69. The number of unbranched alkanes of at least 4 members (excludes halogenated alkanes) is 5. The summed E-state index contributed by atoms with van der Waals surface area (Å²) in [6, 6.07) is 10.3. The Morgan fingerprint density at radius 3 is 2.45 bits per heavy atom. The average molecular weight is 975 g/mol. The van der Waals surface area contributed by atoms with Crippen LogP contribution in [0.2, 0.25) is 0 Å². The number of pyridine rings is 1. The lowest BCUT2D eigenvalue weighted by Crippen LogP contribution is -2.37. The Morgan fingerprint density at radius 1 is 1.00 bits per heavy atom. The van der Waals surface area contributed by atoms with Crippen molar-refractivity contribution in [2.45, 2.75) is 101 Å². The standard InChI is InChI=1S/C42H56N9O14PS/c1-3-49(4-2)29-16-13-26-22-27(40(56)65-31(26)23-29)14-15-28-17-18-30(67(60,61)62)24-50(28)21-11-7-8-12-33(52)44-19-9-5-6-10-20-45-42-46-34-37(47-41(43)48-38(34)55)51(42)39-36(54)35(53)32(64-39)25-63-66(57,58)59/h13-18,22-24,32,35-36,39,53-54H,3-12,19-21,25H2,1-2H3,(H7-,43,44,45,46,47,48,52,55,57,58,59,60,61,62)/p+1/t32-,35-,36-,39-/m1/s1. The molecule has 5 heterocycles. The summed E-state index contributed by atoms with van der Waals surface area (Å²) >= 11 is 0. The number of carbonyl (C=O) groups is 1. The van der Waals surface area contributed by atoms with Gasteiger partial charge < -0.3 is 50.4 Å². The number of nitrogen functional groups attached to an aromatic ring is 1. The number of nitrogens with one attached hydrogen (secondary N) is 3. The van der Waals surface area contributed by atoms with Crippen LogP contribution in [0.5, 0.6) is 0 Å². The van der Waals surface area contributed by atoms with Crippen molar-refractivity contribution in [3.8, 4) is 0 Å². The molecule has 1 saturated heterocycles. The summed E-state index contributed by atoms with van der Waals surface area (Å²) in [5.74, 6) is -0.281. The van der Waals surface area contributed by atoms with Crippen molar-refractivity contribution in [2.24, 2.45) is 0 Å². The SMILES string of the molecule is CCN(CC)c1ccc2cc(/C=C/c3ccc(S(=O)(=O)O)c[n+]3CCCCCC(=O)NCCCCCCNc3nc4c(=O)[nH]c(N)nc4n3[C@@H]3O[C@H](COP(=O)(O)O)[C@@H](O)[C@H]3O)c(=O)oc2c1. The van der Waals surface area contributed by atoms with Crippen LogP contribution in [-0.2, 0) is 35.3 Å². The van der Waals surface area contributed by atoms with Crippen LogP contribution < -0.4 is 37.0 Å². The number of hydrogen-bond donors (Lipinski definition) is 9. The maximum Gasteiger partial charge on any atom is 0.469 e. The number of amides is 1. The minimum Gasteiger partial charge on any atom is -0.422 e. The molecule has 0 bridgehead atoms. The number of H-pyrrole nitrogens is 1. The summed E-state index contributed by atoms with van der Waals surface area (Å²) in [4.78, 5) is 68.9. The number of aliphatic hydroxyl groups is 2. The first-order valence-electron chi connectivity index (χ1n) is 21.9. The molecule has 1 aliphatic rings. The largest absolute Gasteiger partial charge is 0.469 e. The van der Waals surface area contributed by atoms with Gasteiger partial charge in [0.2, 0.25) is 23.5 Å². The van der Waals surface area contributed by atoms with Gasteiger partial charge in [0.25, 0.3) is 15.7 Å². The number of ether oxygens (including phenoxy) is 1. The quantitative estimate of drug-likeness (QED) is 0.0141. The number of nitrogens with zero attached hydrogens (tertiary/aromatic N) is 5. The number of imidazole rings is 1. The van der Waals surface area contributed by atoms with Crippen molar-refractivity contribution >= 4 is 75.7 Å². The van der Waals surface area contributed by atoms with Gasteiger partial charge in [-0.15, -0.1) is 0 Å². The van der Waals surface area contributed by atoms with Gasteiger partial charge in [-0.1, -0.05) is 12.8 Å². The van der Waals surface area contributed by atoms with E-state index in [0.717, 1.165) is 37.0 Å². The van der Waals surface area contributed by atoms with Gasteiger partial charge in [0.15, 0.2) is 28.5 Å². The fraction of sp³-hybridized carbons (Fsp3) is 0.476. The Balaban J connectivity index is 0.936. The second kappa shape index (κ2) is 22.5. The Labute approximate surface area is 384 Å². The third-order valence-electron chi connectivity index (χ3n) is 11.2. The number of phosphoric ester groups is 1. The zero-order chi connectivity index (χ0) is 48.5. The average Bonchev–Trinajstić information content (AvgIpc) is 3.77. The summed E-state index contributed by atoms with van der Waals surface area (Å²) in [6.45, 7) is 6.17. The molecule has 0 aliphatic carbocycles. The third-order valence-corrected chi connectivity index (χ3v) is 12.5. The second-order valence-electron chi connectivity index (χ2n) is 15.9. The molecule has 10 N–H and O–H groups in total. The van der Waals surface area contributed by atoms with E-state index < -0.39 is 60.3 Å². The first-order chi connectivity index (χ1) is 31.9. The van der Waals surface area contributed by atoms with Crippen LogP contribution in [0, 0.1) is 0 Å². The Morgan fingerprint density at radius 2 is 1.73 bits per heavy atom. The van der Waals surface area contributed by atoms with Crippen LogP contribution >= 0.6 is 7.82 Å². The minimum atomic E-state index is -4.91. The number of phosphoric acid groups is 1. The summed E-state index contributed by atoms with van der Waals surface area (Å²) in [5, 5.41) is 28.1. The molecule has 1 fully saturated rings. The number of aryl methyl sites for hydroxylation is 1. The Hall–Kier alpha value is -5.56. The van der Waals surface area contributed by atoms with Crippen molar-refractivity contribution in [3.63, 3.8) is 0 Å². The maximum absolute atomic E-state index is 12.9. The number of hydrogen-bond acceptors (Lipinski definition) is 16. The van der Waals surface area contributed by atoms with E-state index in [0.29, 0.717) is 75.0 Å². The van der Waals surface area contributed by atoms with E-state index in [-0.39, 0.29) is 33.9 Å². The van der Waals surface area contributed by atoms with E-state index in [1.807, 2.05) is 32.0 Å². The molecule has 364 valence electrons. The van der Waals surface area contributed by atoms with Crippen LogP contribution in [0.15, 0.2) is 61.5 Å². The maximum atomic E-state index is 12.9. The molecule has 1 amide bonds. The topological polar surface area (TPSA) is 339 Å². The third kappa shape index (κ3) is 13.3. The number of aromatic nitrogens is 5. The molecule has 0 saturated carbocycles. The van der Waals surface area contributed by atoms with Gasteiger partial charge in [-0.2, -0.15) is 18.0 Å². The molecular formula is C42H57N9O14PS+. The van der Waals surface area contributed by atoms with Gasteiger partial charge in [-0.05, 0) is 69.9 Å². The van der Waals surface area contributed by atoms with Gasteiger partial charge >= 0.3 is 13.4 Å². The van der Waals surface area contributed by atoms with Crippen LogP contribution in [-0.4, -0.2) is 109 Å². The lowest BCUT2D eigenvalue weighted by molar-refractivity contribution is -0.700. The molecule has 1 aromatic carbocycles. The lowest BCUT2D eigenvalue weighted by atomic mass is 10.1. The predicted octanol–water partition coefficient (Wildman–Crippen LogP) is 2.44. The first kappa shape index (κ1) is 50.8. The molecule has 5 aromatic rings. The van der Waals surface area contributed by atoms with E-state index in [9.17, 15) is 42.1 Å². The highest BCUT2D eigenvalue weighted by Gasteiger charge is 2.46. The van der Waals surface area contributed by atoms with E-state index in [1.54, 1.807) is 22.8 Å². The second-order valence-corrected chi connectivity index (χ2v) is 18.6. The number of aromatic amines is 1. The molecule has 6 rings (SSSR count). The van der Waals surface area contributed by atoms with Crippen molar-refractivity contribution in [1.82, 2.24) is 24.8 Å². The zero-order valence-electron chi connectivity index (χ0n) is 37.0. The van der Waals surface area contributed by atoms with Gasteiger partial charge in [0.1, 0.15) is 30.4 Å². The summed E-state index contributed by atoms with van der Waals surface area (Å²) < 4.78 is 63.6. The number of rotatable bonds is 24. The molecule has 1 aliphatic heterocycles. The number of fused-ring (bicyclic) bond motifs is 2. The fourth-order valence-corrected chi connectivity index (χ4v) is 8.55. The number of anilines is 3. The molecule has 25 heteroatoms.